The van der Waals surface area contributed by atoms with Crippen LogP contribution in [0.2, 0.25) is 0 Å². The molecule has 0 aliphatic carbocycles. The van der Waals surface area contributed by atoms with Crippen LogP contribution in [-0.2, 0) is 0 Å². The molecule has 3 heteroatoms. The zero-order valence-corrected chi connectivity index (χ0v) is 15.0. The number of halogens is 1. The van der Waals surface area contributed by atoms with Gasteiger partial charge in [0.15, 0.2) is 0 Å². The van der Waals surface area contributed by atoms with Crippen molar-refractivity contribution < 1.29 is 4.74 Å². The second-order valence-corrected chi connectivity index (χ2v) is 6.84. The minimum Gasteiger partial charge on any atom is -0.489 e. The van der Waals surface area contributed by atoms with Gasteiger partial charge in [-0.3, -0.25) is 0 Å². The lowest BCUT2D eigenvalue weighted by molar-refractivity contribution is 0.181. The highest BCUT2D eigenvalue weighted by atomic mass is 79.9. The maximum Gasteiger partial charge on any atom is 0.123 e. The van der Waals surface area contributed by atoms with E-state index in [1.165, 1.54) is 5.56 Å². The van der Waals surface area contributed by atoms with Crippen LogP contribution in [0.1, 0.15) is 58.9 Å². The molecule has 2 nitrogen and oxygen atoms in total. The first-order valence-electron chi connectivity index (χ1n) is 7.63. The van der Waals surface area contributed by atoms with Crippen LogP contribution in [0.25, 0.3) is 0 Å². The Balaban J connectivity index is 2.81. The van der Waals surface area contributed by atoms with Gasteiger partial charge in [-0.25, -0.2) is 0 Å². The van der Waals surface area contributed by atoms with Gasteiger partial charge in [0.25, 0.3) is 0 Å². The third kappa shape index (κ3) is 5.84. The van der Waals surface area contributed by atoms with Crippen LogP contribution in [0, 0.1) is 0 Å². The molecule has 0 spiro atoms. The van der Waals surface area contributed by atoms with Crippen LogP contribution in [0.3, 0.4) is 0 Å². The van der Waals surface area contributed by atoms with Gasteiger partial charge in [0.2, 0.25) is 0 Å². The van der Waals surface area contributed by atoms with Gasteiger partial charge in [0, 0.05) is 17.1 Å². The van der Waals surface area contributed by atoms with E-state index in [2.05, 4.69) is 74.1 Å². The first-order chi connectivity index (χ1) is 9.43. The van der Waals surface area contributed by atoms with Crippen LogP contribution in [0.15, 0.2) is 22.7 Å². The minimum atomic E-state index is 0.237. The third-order valence-corrected chi connectivity index (χ3v) is 3.75. The second-order valence-electron chi connectivity index (χ2n) is 5.93. The van der Waals surface area contributed by atoms with Crippen molar-refractivity contribution in [1.29, 1.82) is 0 Å². The Bertz CT molecular complexity index is 404. The molecule has 1 rings (SSSR count). The van der Waals surface area contributed by atoms with Crippen molar-refractivity contribution in [2.75, 3.05) is 6.54 Å². The van der Waals surface area contributed by atoms with Crippen LogP contribution in [-0.4, -0.2) is 18.7 Å². The van der Waals surface area contributed by atoms with Crippen molar-refractivity contribution in [2.24, 2.45) is 0 Å². The minimum absolute atomic E-state index is 0.237. The lowest BCUT2D eigenvalue weighted by Gasteiger charge is -2.23. The largest absolute Gasteiger partial charge is 0.489 e. The molecule has 0 radical (unpaired) electrons. The van der Waals surface area contributed by atoms with E-state index >= 15 is 0 Å². The van der Waals surface area contributed by atoms with Crippen LogP contribution < -0.4 is 10.1 Å². The van der Waals surface area contributed by atoms with E-state index in [1.54, 1.807) is 0 Å². The van der Waals surface area contributed by atoms with Gasteiger partial charge in [0.1, 0.15) is 11.9 Å². The maximum absolute atomic E-state index is 6.27. The smallest absolute Gasteiger partial charge is 0.123 e. The van der Waals surface area contributed by atoms with E-state index in [0.717, 1.165) is 29.6 Å². The summed E-state index contributed by atoms with van der Waals surface area (Å²) in [5.41, 5.74) is 1.27. The molecule has 114 valence electrons. The molecule has 1 aromatic carbocycles. The van der Waals surface area contributed by atoms with Crippen molar-refractivity contribution in [3.63, 3.8) is 0 Å². The topological polar surface area (TPSA) is 21.3 Å². The standard InChI is InChI=1S/C17H28BrNO/c1-6-7-15(11-19-13(4)5)20-17-9-8-14(18)10-16(17)12(2)3/h8-10,12-13,15,19H,6-7,11H2,1-5H3. The van der Waals surface area contributed by atoms with Crippen LogP contribution >= 0.6 is 15.9 Å². The van der Waals surface area contributed by atoms with Crippen LogP contribution in [0.5, 0.6) is 5.75 Å². The van der Waals surface area contributed by atoms with Gasteiger partial charge in [-0.15, -0.1) is 0 Å². The molecule has 1 unspecified atom stereocenters. The molecule has 1 atom stereocenters. The first-order valence-corrected chi connectivity index (χ1v) is 8.42. The molecule has 0 heterocycles. The highest BCUT2D eigenvalue weighted by Crippen LogP contribution is 2.30. The summed E-state index contributed by atoms with van der Waals surface area (Å²) in [6.45, 7) is 11.9. The Hall–Kier alpha value is -0.540. The average Bonchev–Trinajstić information content (AvgIpc) is 2.37. The number of rotatable bonds is 8. The molecule has 0 bridgehead atoms. The molecule has 0 aliphatic rings. The van der Waals surface area contributed by atoms with E-state index in [0.29, 0.717) is 12.0 Å². The Morgan fingerprint density at radius 1 is 1.20 bits per heavy atom. The lowest BCUT2D eigenvalue weighted by Crippen LogP contribution is -2.35. The van der Waals surface area contributed by atoms with Crippen molar-refractivity contribution >= 4 is 15.9 Å². The Kier molecular flexibility index (Phi) is 7.60. The molecular formula is C17H28BrNO. The predicted octanol–water partition coefficient (Wildman–Crippen LogP) is 5.12. The lowest BCUT2D eigenvalue weighted by atomic mass is 10.0. The third-order valence-electron chi connectivity index (χ3n) is 3.25. The number of ether oxygens (including phenoxy) is 1. The van der Waals surface area contributed by atoms with Crippen molar-refractivity contribution in [1.82, 2.24) is 5.32 Å². The van der Waals surface area contributed by atoms with Gasteiger partial charge in [-0.2, -0.15) is 0 Å². The SMILES string of the molecule is CCCC(CNC(C)C)Oc1ccc(Br)cc1C(C)C. The zero-order valence-electron chi connectivity index (χ0n) is 13.4. The Morgan fingerprint density at radius 3 is 2.45 bits per heavy atom. The van der Waals surface area contributed by atoms with Gasteiger partial charge < -0.3 is 10.1 Å². The highest BCUT2D eigenvalue weighted by molar-refractivity contribution is 9.10. The molecule has 0 aromatic heterocycles. The summed E-state index contributed by atoms with van der Waals surface area (Å²) in [5, 5.41) is 3.48. The number of benzene rings is 1. The summed E-state index contributed by atoms with van der Waals surface area (Å²) in [7, 11) is 0. The summed E-state index contributed by atoms with van der Waals surface area (Å²) >= 11 is 3.54. The molecule has 20 heavy (non-hydrogen) atoms. The average molecular weight is 342 g/mol. The van der Waals surface area contributed by atoms with Crippen molar-refractivity contribution in [3.05, 3.63) is 28.2 Å². The summed E-state index contributed by atoms with van der Waals surface area (Å²) < 4.78 is 7.38. The molecule has 0 saturated heterocycles. The zero-order chi connectivity index (χ0) is 15.1. The van der Waals surface area contributed by atoms with E-state index < -0.39 is 0 Å². The van der Waals surface area contributed by atoms with Gasteiger partial charge in [0.05, 0.1) is 0 Å². The van der Waals surface area contributed by atoms with E-state index in [9.17, 15) is 0 Å². The van der Waals surface area contributed by atoms with Crippen molar-refractivity contribution in [3.8, 4) is 5.75 Å². The fourth-order valence-electron chi connectivity index (χ4n) is 2.15. The maximum atomic E-state index is 6.27. The van der Waals surface area contributed by atoms with E-state index in [-0.39, 0.29) is 6.10 Å². The summed E-state index contributed by atoms with van der Waals surface area (Å²) in [6, 6.07) is 6.80. The molecule has 0 aliphatic heterocycles. The molecule has 1 N–H and O–H groups in total. The quantitative estimate of drug-likeness (QED) is 0.708. The second kappa shape index (κ2) is 8.68. The van der Waals surface area contributed by atoms with E-state index in [4.69, 9.17) is 4.74 Å². The number of hydrogen-bond acceptors (Lipinski definition) is 2. The number of hydrogen-bond donors (Lipinski definition) is 1. The summed E-state index contributed by atoms with van der Waals surface area (Å²) in [4.78, 5) is 0. The highest BCUT2D eigenvalue weighted by Gasteiger charge is 2.14. The van der Waals surface area contributed by atoms with Crippen LogP contribution in [0.4, 0.5) is 0 Å². The molecule has 0 amide bonds. The fraction of sp³-hybridized carbons (Fsp3) is 0.647. The fourth-order valence-corrected chi connectivity index (χ4v) is 2.53. The molecular weight excluding hydrogens is 314 g/mol. The Labute approximate surface area is 132 Å². The summed E-state index contributed by atoms with van der Waals surface area (Å²) in [5.74, 6) is 1.48. The monoisotopic (exact) mass is 341 g/mol. The molecule has 1 aromatic rings. The van der Waals surface area contributed by atoms with Gasteiger partial charge >= 0.3 is 0 Å². The van der Waals surface area contributed by atoms with Crippen molar-refractivity contribution in [2.45, 2.75) is 65.5 Å². The predicted molar refractivity (Wildman–Crippen MR) is 90.7 cm³/mol. The molecule has 0 saturated carbocycles. The first kappa shape index (κ1) is 17.5. The summed E-state index contributed by atoms with van der Waals surface area (Å²) in [6.07, 6.45) is 2.45. The van der Waals surface area contributed by atoms with Gasteiger partial charge in [-0.05, 0) is 36.1 Å². The molecule has 0 fully saturated rings. The van der Waals surface area contributed by atoms with Gasteiger partial charge in [-0.1, -0.05) is 57.0 Å². The number of nitrogens with one attached hydrogen (secondary N) is 1. The Morgan fingerprint density at radius 2 is 1.90 bits per heavy atom. The van der Waals surface area contributed by atoms with E-state index in [1.807, 2.05) is 0 Å². The normalized spacial score (nSPS) is 13.0.